The number of carbonyl (C=O) groups excluding carboxylic acids is 3. The molecule has 0 bridgehead atoms. The zero-order valence-corrected chi connectivity index (χ0v) is 18.7. The summed E-state index contributed by atoms with van der Waals surface area (Å²) in [5, 5.41) is 14.6. The first-order valence-electron chi connectivity index (χ1n) is 10.9. The zero-order chi connectivity index (χ0) is 23.9. The number of rotatable bonds is 3. The van der Waals surface area contributed by atoms with Crippen LogP contribution in [0, 0.1) is 22.0 Å². The highest BCUT2D eigenvalue weighted by atomic mass is 35.5. The van der Waals surface area contributed by atoms with E-state index in [2.05, 4.69) is 5.32 Å². The molecule has 0 radical (unpaired) electrons. The van der Waals surface area contributed by atoms with Crippen LogP contribution in [0.15, 0.2) is 36.4 Å². The van der Waals surface area contributed by atoms with Crippen LogP contribution in [0.25, 0.3) is 0 Å². The maximum atomic E-state index is 14.0. The zero-order valence-electron chi connectivity index (χ0n) is 18.0. The Kier molecular flexibility index (Phi) is 4.34. The van der Waals surface area contributed by atoms with Gasteiger partial charge in [-0.05, 0) is 31.5 Å². The first kappa shape index (κ1) is 21.1. The van der Waals surface area contributed by atoms with Crippen molar-refractivity contribution in [3.8, 4) is 5.75 Å². The third kappa shape index (κ3) is 2.36. The number of amides is 3. The molecule has 11 heteroatoms. The number of para-hydroxylation sites is 1. The van der Waals surface area contributed by atoms with Gasteiger partial charge in [-0.15, -0.1) is 0 Å². The Morgan fingerprint density at radius 2 is 2.00 bits per heavy atom. The summed E-state index contributed by atoms with van der Waals surface area (Å²) in [6.45, 7) is 0.567. The predicted octanol–water partition coefficient (Wildman–Crippen LogP) is 2.69. The summed E-state index contributed by atoms with van der Waals surface area (Å²) < 4.78 is 5.33. The maximum absolute atomic E-state index is 14.0. The van der Waals surface area contributed by atoms with E-state index in [9.17, 15) is 24.5 Å². The van der Waals surface area contributed by atoms with Crippen LogP contribution in [0.1, 0.15) is 18.4 Å². The van der Waals surface area contributed by atoms with E-state index in [1.54, 1.807) is 18.2 Å². The quantitative estimate of drug-likeness (QED) is 0.405. The molecule has 4 aliphatic heterocycles. The molecule has 4 aliphatic rings. The van der Waals surface area contributed by atoms with E-state index < -0.39 is 34.1 Å². The summed E-state index contributed by atoms with van der Waals surface area (Å²) >= 11 is 6.38. The molecule has 2 aromatic rings. The third-order valence-corrected chi connectivity index (χ3v) is 7.91. The second kappa shape index (κ2) is 7.00. The second-order valence-corrected chi connectivity index (χ2v) is 9.32. The normalized spacial score (nSPS) is 29.4. The molecule has 0 saturated carbocycles. The van der Waals surface area contributed by atoms with Gasteiger partial charge in [0, 0.05) is 23.7 Å². The van der Waals surface area contributed by atoms with Crippen molar-refractivity contribution >= 4 is 46.4 Å². The lowest BCUT2D eigenvalue weighted by Gasteiger charge is -2.36. The molecule has 2 aromatic carbocycles. The minimum absolute atomic E-state index is 0.00511. The standard InChI is InChI=1S/C23H19ClN4O6/c1-34-16-8-7-11(28(32)33)10-15(16)27-20(29)17-14-6-3-9-26(14)23(18(17)21(27)30)12-4-2-5-13(24)19(12)25-22(23)31/h2,4-5,7-8,10,14,17-18H,3,6,9H2,1H3,(H,25,31)/t14-,17+,18-,23-/m0/s1. The lowest BCUT2D eigenvalue weighted by molar-refractivity contribution is -0.384. The molecule has 1 N–H and O–H groups in total. The highest BCUT2D eigenvalue weighted by Gasteiger charge is 2.75. The summed E-state index contributed by atoms with van der Waals surface area (Å²) in [5.41, 5.74) is -0.612. The van der Waals surface area contributed by atoms with Crippen LogP contribution in [-0.2, 0) is 19.9 Å². The van der Waals surface area contributed by atoms with Gasteiger partial charge in [0.05, 0.1) is 34.6 Å². The van der Waals surface area contributed by atoms with Crippen molar-refractivity contribution in [1.29, 1.82) is 0 Å². The molecule has 1 spiro atoms. The van der Waals surface area contributed by atoms with Gasteiger partial charge in [-0.25, -0.2) is 4.90 Å². The van der Waals surface area contributed by atoms with Gasteiger partial charge in [0.25, 0.3) is 11.6 Å². The SMILES string of the molecule is COc1ccc([N+](=O)[O-])cc1N1C(=O)[C@H]2[C@@H](C1=O)[C@@]1(C(=O)Nc3c(Cl)cccc31)N1CCC[C@@H]21. The highest BCUT2D eigenvalue weighted by molar-refractivity contribution is 6.35. The van der Waals surface area contributed by atoms with Crippen LogP contribution < -0.4 is 15.0 Å². The number of carbonyl (C=O) groups is 3. The Morgan fingerprint density at radius 1 is 1.21 bits per heavy atom. The van der Waals surface area contributed by atoms with Crippen molar-refractivity contribution in [3.05, 3.63) is 57.1 Å². The van der Waals surface area contributed by atoms with Gasteiger partial charge >= 0.3 is 0 Å². The van der Waals surface area contributed by atoms with Crippen molar-refractivity contribution in [3.63, 3.8) is 0 Å². The van der Waals surface area contributed by atoms with E-state index >= 15 is 0 Å². The van der Waals surface area contributed by atoms with Crippen LogP contribution in [-0.4, -0.2) is 47.2 Å². The van der Waals surface area contributed by atoms with E-state index in [4.69, 9.17) is 16.3 Å². The number of anilines is 2. The smallest absolute Gasteiger partial charge is 0.271 e. The number of nitrogens with one attached hydrogen (secondary N) is 1. The summed E-state index contributed by atoms with van der Waals surface area (Å²) in [6, 6.07) is 8.61. The van der Waals surface area contributed by atoms with Crippen LogP contribution >= 0.6 is 11.6 Å². The van der Waals surface area contributed by atoms with Crippen LogP contribution in [0.3, 0.4) is 0 Å². The predicted molar refractivity (Wildman–Crippen MR) is 121 cm³/mol. The van der Waals surface area contributed by atoms with Gasteiger partial charge in [0.2, 0.25) is 11.8 Å². The number of nitro groups is 1. The average Bonchev–Trinajstić information content (AvgIpc) is 3.52. The molecule has 3 fully saturated rings. The number of methoxy groups -OCH3 is 1. The fourth-order valence-corrected chi connectivity index (χ4v) is 6.62. The fourth-order valence-electron chi connectivity index (χ4n) is 6.40. The van der Waals surface area contributed by atoms with E-state index in [0.717, 1.165) is 17.4 Å². The molecule has 4 heterocycles. The van der Waals surface area contributed by atoms with E-state index in [-0.39, 0.29) is 29.1 Å². The minimum atomic E-state index is -1.37. The molecule has 3 amide bonds. The van der Waals surface area contributed by atoms with Crippen molar-refractivity contribution < 1.29 is 24.0 Å². The van der Waals surface area contributed by atoms with Gasteiger partial charge in [0.15, 0.2) is 0 Å². The number of hydrogen-bond acceptors (Lipinski definition) is 7. The first-order valence-corrected chi connectivity index (χ1v) is 11.3. The van der Waals surface area contributed by atoms with Gasteiger partial charge in [0.1, 0.15) is 17.0 Å². The van der Waals surface area contributed by atoms with E-state index in [0.29, 0.717) is 29.2 Å². The summed E-state index contributed by atoms with van der Waals surface area (Å²) in [7, 11) is 1.36. The summed E-state index contributed by atoms with van der Waals surface area (Å²) in [5.74, 6) is -3.05. The van der Waals surface area contributed by atoms with E-state index in [1.807, 2.05) is 4.90 Å². The summed E-state index contributed by atoms with van der Waals surface area (Å²) in [6.07, 6.45) is 1.44. The molecule has 34 heavy (non-hydrogen) atoms. The molecule has 10 nitrogen and oxygen atoms in total. The molecule has 0 unspecified atom stereocenters. The van der Waals surface area contributed by atoms with Crippen molar-refractivity contribution in [2.24, 2.45) is 11.8 Å². The van der Waals surface area contributed by atoms with Crippen LogP contribution in [0.5, 0.6) is 5.75 Å². The van der Waals surface area contributed by atoms with Crippen molar-refractivity contribution in [2.75, 3.05) is 23.9 Å². The van der Waals surface area contributed by atoms with Gasteiger partial charge in [-0.3, -0.25) is 29.4 Å². The molecule has 6 rings (SSSR count). The van der Waals surface area contributed by atoms with Gasteiger partial charge in [-0.2, -0.15) is 0 Å². The van der Waals surface area contributed by atoms with Crippen LogP contribution in [0.4, 0.5) is 17.1 Å². The molecular weight excluding hydrogens is 464 g/mol. The number of nitro benzene ring substituents is 1. The third-order valence-electron chi connectivity index (χ3n) is 7.59. The molecule has 3 saturated heterocycles. The first-order chi connectivity index (χ1) is 16.3. The Labute approximate surface area is 198 Å². The molecule has 174 valence electrons. The minimum Gasteiger partial charge on any atom is -0.495 e. The molecule has 0 aliphatic carbocycles. The number of hydrogen-bond donors (Lipinski definition) is 1. The Morgan fingerprint density at radius 3 is 2.74 bits per heavy atom. The number of nitrogens with zero attached hydrogens (tertiary/aromatic N) is 3. The molecule has 0 aromatic heterocycles. The fraction of sp³-hybridized carbons (Fsp3) is 0.348. The van der Waals surface area contributed by atoms with Crippen molar-refractivity contribution in [1.82, 2.24) is 4.90 Å². The monoisotopic (exact) mass is 482 g/mol. The Hall–Kier alpha value is -3.50. The molecular formula is C23H19ClN4O6. The Bertz CT molecular complexity index is 1310. The average molecular weight is 483 g/mol. The topological polar surface area (TPSA) is 122 Å². The largest absolute Gasteiger partial charge is 0.495 e. The van der Waals surface area contributed by atoms with Gasteiger partial charge in [-0.1, -0.05) is 23.7 Å². The van der Waals surface area contributed by atoms with Crippen molar-refractivity contribution in [2.45, 2.75) is 24.4 Å². The lowest BCUT2D eigenvalue weighted by Crippen LogP contribution is -2.54. The van der Waals surface area contributed by atoms with Crippen LogP contribution in [0.2, 0.25) is 5.02 Å². The number of fused-ring (bicyclic) bond motifs is 7. The molecule has 4 atom stereocenters. The number of halogens is 1. The number of benzene rings is 2. The maximum Gasteiger partial charge on any atom is 0.271 e. The second-order valence-electron chi connectivity index (χ2n) is 8.91. The Balaban J connectivity index is 1.56. The summed E-state index contributed by atoms with van der Waals surface area (Å²) in [4.78, 5) is 55.2. The number of ether oxygens (including phenoxy) is 1. The lowest BCUT2D eigenvalue weighted by atomic mass is 9.75. The number of imide groups is 1. The van der Waals surface area contributed by atoms with Gasteiger partial charge < -0.3 is 10.1 Å². The number of non-ortho nitro benzene ring substituents is 1. The highest BCUT2D eigenvalue weighted by Crippen LogP contribution is 2.61. The van der Waals surface area contributed by atoms with E-state index in [1.165, 1.54) is 19.2 Å².